The van der Waals surface area contributed by atoms with Gasteiger partial charge in [0.25, 0.3) is 0 Å². The van der Waals surface area contributed by atoms with Crippen molar-refractivity contribution in [2.75, 3.05) is 0 Å². The van der Waals surface area contributed by atoms with Gasteiger partial charge in [0.2, 0.25) is 0 Å². The number of aliphatic carboxylic acids is 1. The van der Waals surface area contributed by atoms with Crippen molar-refractivity contribution in [3.05, 3.63) is 0 Å². The standard InChI is InChI=1S/C18H33NO2/c1-2-3-4-5-6-7-8-9-10-11-12-13-14-15-17(16-19)18(20)21/h17H,2-15H2,1H3,(H,20,21). The predicted octanol–water partition coefficient (Wildman–Crippen LogP) is 5.69. The first-order valence-electron chi connectivity index (χ1n) is 8.84. The number of unbranched alkanes of at least 4 members (excludes halogenated alkanes) is 12. The Morgan fingerprint density at radius 1 is 0.857 bits per heavy atom. The Hall–Kier alpha value is -1.04. The first-order chi connectivity index (χ1) is 10.2. The average molecular weight is 295 g/mol. The summed E-state index contributed by atoms with van der Waals surface area (Å²) in [6, 6.07) is 1.85. The number of hydrogen-bond donors (Lipinski definition) is 1. The van der Waals surface area contributed by atoms with Crippen molar-refractivity contribution < 1.29 is 9.90 Å². The fourth-order valence-electron chi connectivity index (χ4n) is 2.61. The van der Waals surface area contributed by atoms with Gasteiger partial charge >= 0.3 is 5.97 Å². The van der Waals surface area contributed by atoms with Gasteiger partial charge in [0.05, 0.1) is 6.07 Å². The summed E-state index contributed by atoms with van der Waals surface area (Å²) in [5, 5.41) is 17.4. The molecule has 0 aliphatic rings. The maximum absolute atomic E-state index is 10.7. The van der Waals surface area contributed by atoms with Crippen molar-refractivity contribution in [2.24, 2.45) is 5.92 Å². The Kier molecular flexibility index (Phi) is 14.6. The highest BCUT2D eigenvalue weighted by molar-refractivity contribution is 5.72. The van der Waals surface area contributed by atoms with Crippen LogP contribution >= 0.6 is 0 Å². The van der Waals surface area contributed by atoms with Crippen molar-refractivity contribution in [1.29, 1.82) is 5.26 Å². The van der Waals surface area contributed by atoms with Gasteiger partial charge in [0.1, 0.15) is 5.92 Å². The summed E-state index contributed by atoms with van der Waals surface area (Å²) < 4.78 is 0. The van der Waals surface area contributed by atoms with Crippen molar-refractivity contribution in [3.63, 3.8) is 0 Å². The molecule has 0 aromatic rings. The molecule has 0 aliphatic carbocycles. The zero-order valence-corrected chi connectivity index (χ0v) is 13.8. The molecule has 21 heavy (non-hydrogen) atoms. The molecular weight excluding hydrogens is 262 g/mol. The number of carboxylic acid groups (broad SMARTS) is 1. The minimum absolute atomic E-state index is 0.504. The van der Waals surface area contributed by atoms with Gasteiger partial charge in [0, 0.05) is 0 Å². The van der Waals surface area contributed by atoms with E-state index in [9.17, 15) is 4.79 Å². The van der Waals surface area contributed by atoms with Crippen LogP contribution in [0.2, 0.25) is 0 Å². The summed E-state index contributed by atoms with van der Waals surface area (Å²) in [5.41, 5.74) is 0. The monoisotopic (exact) mass is 295 g/mol. The van der Waals surface area contributed by atoms with E-state index in [1.807, 2.05) is 6.07 Å². The smallest absolute Gasteiger partial charge is 0.320 e. The number of nitriles is 1. The quantitative estimate of drug-likeness (QED) is 0.395. The SMILES string of the molecule is CCCCCCCCCCCCCCCC(C#N)C(=O)O. The lowest BCUT2D eigenvalue weighted by molar-refractivity contribution is -0.140. The molecule has 122 valence electrons. The molecule has 0 radical (unpaired) electrons. The largest absolute Gasteiger partial charge is 0.480 e. The van der Waals surface area contributed by atoms with Crippen LogP contribution in [0.25, 0.3) is 0 Å². The fourth-order valence-corrected chi connectivity index (χ4v) is 2.61. The van der Waals surface area contributed by atoms with Gasteiger partial charge in [-0.1, -0.05) is 90.4 Å². The van der Waals surface area contributed by atoms with Gasteiger partial charge in [-0.05, 0) is 6.42 Å². The van der Waals surface area contributed by atoms with Crippen molar-refractivity contribution >= 4 is 5.97 Å². The molecule has 0 rings (SSSR count). The van der Waals surface area contributed by atoms with Crippen LogP contribution in [0, 0.1) is 17.2 Å². The highest BCUT2D eigenvalue weighted by atomic mass is 16.4. The second kappa shape index (κ2) is 15.4. The molecule has 1 N–H and O–H groups in total. The third-order valence-corrected chi connectivity index (χ3v) is 4.05. The second-order valence-corrected chi connectivity index (χ2v) is 6.05. The van der Waals surface area contributed by atoms with Crippen LogP contribution in [0.5, 0.6) is 0 Å². The number of nitrogens with zero attached hydrogens (tertiary/aromatic N) is 1. The lowest BCUT2D eigenvalue weighted by atomic mass is 10.0. The first-order valence-corrected chi connectivity index (χ1v) is 8.84. The van der Waals surface area contributed by atoms with E-state index in [0.717, 1.165) is 12.8 Å². The minimum atomic E-state index is -0.976. The lowest BCUT2D eigenvalue weighted by Gasteiger charge is -2.04. The number of carbonyl (C=O) groups is 1. The summed E-state index contributed by atoms with van der Waals surface area (Å²) in [4.78, 5) is 10.7. The molecule has 0 aromatic carbocycles. The van der Waals surface area contributed by atoms with E-state index in [2.05, 4.69) is 6.92 Å². The Morgan fingerprint density at radius 3 is 1.57 bits per heavy atom. The third kappa shape index (κ3) is 13.7. The van der Waals surface area contributed by atoms with Crippen LogP contribution in [0.15, 0.2) is 0 Å². The molecule has 1 atom stereocenters. The first kappa shape index (κ1) is 20.0. The normalized spacial score (nSPS) is 12.0. The van der Waals surface area contributed by atoms with E-state index in [1.54, 1.807) is 0 Å². The minimum Gasteiger partial charge on any atom is -0.480 e. The molecule has 0 amide bonds. The average Bonchev–Trinajstić information content (AvgIpc) is 2.47. The highest BCUT2D eigenvalue weighted by Gasteiger charge is 2.14. The van der Waals surface area contributed by atoms with Crippen LogP contribution in [0.1, 0.15) is 96.8 Å². The molecule has 0 spiro atoms. The summed E-state index contributed by atoms with van der Waals surface area (Å²) in [5.74, 6) is -1.78. The van der Waals surface area contributed by atoms with Crippen LogP contribution in [-0.4, -0.2) is 11.1 Å². The van der Waals surface area contributed by atoms with E-state index >= 15 is 0 Å². The Labute approximate surface area is 130 Å². The summed E-state index contributed by atoms with van der Waals surface area (Å²) in [6.07, 6.45) is 17.1. The Morgan fingerprint density at radius 2 is 1.24 bits per heavy atom. The number of hydrogen-bond acceptors (Lipinski definition) is 2. The number of carboxylic acids is 1. The van der Waals surface area contributed by atoms with Crippen molar-refractivity contribution in [3.8, 4) is 6.07 Å². The molecule has 0 saturated heterocycles. The van der Waals surface area contributed by atoms with E-state index in [-0.39, 0.29) is 0 Å². The van der Waals surface area contributed by atoms with Crippen molar-refractivity contribution in [2.45, 2.75) is 96.8 Å². The van der Waals surface area contributed by atoms with E-state index < -0.39 is 11.9 Å². The topological polar surface area (TPSA) is 61.1 Å². The molecule has 3 nitrogen and oxygen atoms in total. The van der Waals surface area contributed by atoms with E-state index in [1.165, 1.54) is 70.6 Å². The Balaban J connectivity index is 3.16. The van der Waals surface area contributed by atoms with Gasteiger partial charge in [0.15, 0.2) is 0 Å². The molecule has 0 aliphatic heterocycles. The molecule has 0 fully saturated rings. The van der Waals surface area contributed by atoms with Gasteiger partial charge in [-0.25, -0.2) is 0 Å². The van der Waals surface area contributed by atoms with Crippen LogP contribution in [-0.2, 0) is 4.79 Å². The summed E-state index contributed by atoms with van der Waals surface area (Å²) in [7, 11) is 0. The molecule has 0 aromatic heterocycles. The molecule has 3 heteroatoms. The maximum Gasteiger partial charge on any atom is 0.320 e. The van der Waals surface area contributed by atoms with Gasteiger partial charge < -0.3 is 5.11 Å². The predicted molar refractivity (Wildman–Crippen MR) is 87.1 cm³/mol. The highest BCUT2D eigenvalue weighted by Crippen LogP contribution is 2.14. The lowest BCUT2D eigenvalue weighted by Crippen LogP contribution is -2.10. The third-order valence-electron chi connectivity index (χ3n) is 4.05. The van der Waals surface area contributed by atoms with E-state index in [4.69, 9.17) is 10.4 Å². The molecule has 0 saturated carbocycles. The molecule has 1 unspecified atom stereocenters. The number of rotatable bonds is 15. The molecule has 0 heterocycles. The van der Waals surface area contributed by atoms with Gasteiger partial charge in [-0.15, -0.1) is 0 Å². The fraction of sp³-hybridized carbons (Fsp3) is 0.889. The summed E-state index contributed by atoms with van der Waals surface area (Å²) >= 11 is 0. The van der Waals surface area contributed by atoms with Gasteiger partial charge in [-0.2, -0.15) is 5.26 Å². The zero-order valence-electron chi connectivity index (χ0n) is 13.8. The Bertz CT molecular complexity index is 283. The maximum atomic E-state index is 10.7. The molecule has 0 bridgehead atoms. The van der Waals surface area contributed by atoms with E-state index in [0.29, 0.717) is 6.42 Å². The van der Waals surface area contributed by atoms with Crippen LogP contribution in [0.3, 0.4) is 0 Å². The van der Waals surface area contributed by atoms with Crippen LogP contribution < -0.4 is 0 Å². The summed E-state index contributed by atoms with van der Waals surface area (Å²) in [6.45, 7) is 2.25. The van der Waals surface area contributed by atoms with Crippen LogP contribution in [0.4, 0.5) is 0 Å². The van der Waals surface area contributed by atoms with Crippen molar-refractivity contribution in [1.82, 2.24) is 0 Å². The van der Waals surface area contributed by atoms with Gasteiger partial charge in [-0.3, -0.25) is 4.79 Å². The molecular formula is C18H33NO2. The second-order valence-electron chi connectivity index (χ2n) is 6.05. The zero-order chi connectivity index (χ0) is 15.8.